The maximum absolute atomic E-state index is 12.3. The fourth-order valence-electron chi connectivity index (χ4n) is 2.75. The fraction of sp³-hybridized carbons (Fsp3) is 0.211. The molecule has 0 saturated carbocycles. The molecule has 27 heavy (non-hydrogen) atoms. The van der Waals surface area contributed by atoms with Crippen molar-refractivity contribution in [2.45, 2.75) is 23.2 Å². The first-order valence-electron chi connectivity index (χ1n) is 8.28. The molecule has 0 aromatic heterocycles. The highest BCUT2D eigenvalue weighted by molar-refractivity contribution is 8.00. The molecular formula is C19H19N3O4S. The number of amidine groups is 1. The number of cyclic esters (lactones) is 1. The summed E-state index contributed by atoms with van der Waals surface area (Å²) in [5, 5.41) is 16.5. The van der Waals surface area contributed by atoms with Gasteiger partial charge in [-0.25, -0.2) is 9.59 Å². The third-order valence-corrected chi connectivity index (χ3v) is 5.45. The molecule has 8 heteroatoms. The first-order valence-corrected chi connectivity index (χ1v) is 9.15. The molecule has 1 aliphatic heterocycles. The number of hydrogen-bond acceptors (Lipinski definition) is 5. The van der Waals surface area contributed by atoms with E-state index in [4.69, 9.17) is 21.0 Å². The molecule has 2 atom stereocenters. The number of rotatable bonds is 6. The van der Waals surface area contributed by atoms with E-state index in [0.717, 1.165) is 4.90 Å². The highest BCUT2D eigenvalue weighted by atomic mass is 32.2. The largest absolute Gasteiger partial charge is 0.478 e. The van der Waals surface area contributed by atoms with E-state index >= 15 is 0 Å². The second kappa shape index (κ2) is 7.71. The van der Waals surface area contributed by atoms with Gasteiger partial charge in [0.05, 0.1) is 12.1 Å². The van der Waals surface area contributed by atoms with Gasteiger partial charge in [-0.2, -0.15) is 0 Å². The van der Waals surface area contributed by atoms with Crippen molar-refractivity contribution in [3.63, 3.8) is 0 Å². The van der Waals surface area contributed by atoms with Crippen LogP contribution in [0.5, 0.6) is 0 Å². The first-order chi connectivity index (χ1) is 12.8. The Morgan fingerprint density at radius 1 is 1.30 bits per heavy atom. The topological polar surface area (TPSA) is 117 Å². The summed E-state index contributed by atoms with van der Waals surface area (Å²) < 4.78 is 5.50. The minimum Gasteiger partial charge on any atom is -0.478 e. The third-order valence-electron chi connectivity index (χ3n) is 4.25. The van der Waals surface area contributed by atoms with E-state index in [-0.39, 0.29) is 22.8 Å². The number of carbonyl (C=O) groups excluding carboxylic acids is 1. The van der Waals surface area contributed by atoms with Crippen LogP contribution in [-0.4, -0.2) is 40.9 Å². The summed E-state index contributed by atoms with van der Waals surface area (Å²) in [6.45, 7) is 2.34. The van der Waals surface area contributed by atoms with E-state index in [2.05, 4.69) is 0 Å². The van der Waals surface area contributed by atoms with Crippen LogP contribution in [0, 0.1) is 5.41 Å². The summed E-state index contributed by atoms with van der Waals surface area (Å²) in [6, 6.07) is 13.5. The number of carboxylic acid groups (broad SMARTS) is 1. The zero-order valence-corrected chi connectivity index (χ0v) is 15.4. The molecule has 1 amide bonds. The molecule has 0 bridgehead atoms. The molecule has 0 radical (unpaired) electrons. The van der Waals surface area contributed by atoms with Crippen LogP contribution in [0.4, 0.5) is 10.5 Å². The Bertz CT molecular complexity index is 885. The van der Waals surface area contributed by atoms with E-state index in [1.807, 2.05) is 13.0 Å². The van der Waals surface area contributed by atoms with Crippen LogP contribution in [0.15, 0.2) is 53.4 Å². The number of aromatic carboxylic acids is 1. The van der Waals surface area contributed by atoms with Gasteiger partial charge in [0.25, 0.3) is 0 Å². The van der Waals surface area contributed by atoms with E-state index in [0.29, 0.717) is 17.8 Å². The van der Waals surface area contributed by atoms with Gasteiger partial charge in [-0.1, -0.05) is 6.07 Å². The second-order valence-electron chi connectivity index (χ2n) is 6.15. The molecule has 1 heterocycles. The van der Waals surface area contributed by atoms with Crippen LogP contribution < -0.4 is 10.6 Å². The SMILES string of the molecule is CC(Sc1cccc(C(=O)O)c1)C1CN(c2ccc(C(=N)N)cc2)C(=O)O1. The van der Waals surface area contributed by atoms with Crippen LogP contribution in [0.1, 0.15) is 22.8 Å². The number of nitrogens with two attached hydrogens (primary N) is 1. The normalized spacial score (nSPS) is 17.4. The van der Waals surface area contributed by atoms with Crippen molar-refractivity contribution in [3.05, 3.63) is 59.7 Å². The van der Waals surface area contributed by atoms with Crippen molar-refractivity contribution in [2.75, 3.05) is 11.4 Å². The van der Waals surface area contributed by atoms with Gasteiger partial charge in [0.15, 0.2) is 0 Å². The number of nitrogen functional groups attached to an aromatic ring is 1. The number of ether oxygens (including phenoxy) is 1. The first kappa shape index (κ1) is 18.8. The van der Waals surface area contributed by atoms with Gasteiger partial charge in [0, 0.05) is 21.4 Å². The van der Waals surface area contributed by atoms with Crippen molar-refractivity contribution in [2.24, 2.45) is 5.73 Å². The second-order valence-corrected chi connectivity index (χ2v) is 7.60. The quantitative estimate of drug-likeness (QED) is 0.399. The summed E-state index contributed by atoms with van der Waals surface area (Å²) in [6.07, 6.45) is -0.759. The molecule has 2 aromatic rings. The van der Waals surface area contributed by atoms with Gasteiger partial charge < -0.3 is 15.6 Å². The molecule has 0 spiro atoms. The zero-order valence-electron chi connectivity index (χ0n) is 14.6. The number of hydrogen-bond donors (Lipinski definition) is 3. The number of anilines is 1. The summed E-state index contributed by atoms with van der Waals surface area (Å²) in [5.74, 6) is -1.00. The zero-order chi connectivity index (χ0) is 19.6. The Morgan fingerprint density at radius 2 is 2.00 bits per heavy atom. The van der Waals surface area contributed by atoms with E-state index in [1.54, 1.807) is 47.4 Å². The van der Waals surface area contributed by atoms with Gasteiger partial charge in [-0.15, -0.1) is 11.8 Å². The maximum Gasteiger partial charge on any atom is 0.414 e. The van der Waals surface area contributed by atoms with Crippen LogP contribution in [0.2, 0.25) is 0 Å². The predicted molar refractivity (Wildman–Crippen MR) is 104 cm³/mol. The Morgan fingerprint density at radius 3 is 2.63 bits per heavy atom. The third kappa shape index (κ3) is 4.22. The molecule has 1 saturated heterocycles. The van der Waals surface area contributed by atoms with E-state index in [1.165, 1.54) is 11.8 Å². The molecule has 1 aliphatic rings. The summed E-state index contributed by atoms with van der Waals surface area (Å²) in [5.41, 5.74) is 6.94. The highest BCUT2D eigenvalue weighted by Crippen LogP contribution is 2.31. The van der Waals surface area contributed by atoms with Crippen molar-refractivity contribution < 1.29 is 19.4 Å². The number of carboxylic acids is 1. The highest BCUT2D eigenvalue weighted by Gasteiger charge is 2.36. The van der Waals surface area contributed by atoms with Crippen molar-refractivity contribution in [3.8, 4) is 0 Å². The number of benzene rings is 2. The average molecular weight is 385 g/mol. The van der Waals surface area contributed by atoms with Crippen molar-refractivity contribution in [1.82, 2.24) is 0 Å². The lowest BCUT2D eigenvalue weighted by molar-refractivity contribution is 0.0696. The number of thioether (sulfide) groups is 1. The Balaban J connectivity index is 1.68. The number of nitrogens with one attached hydrogen (secondary N) is 1. The molecule has 1 fully saturated rings. The van der Waals surface area contributed by atoms with Crippen LogP contribution in [0.3, 0.4) is 0 Å². The van der Waals surface area contributed by atoms with Gasteiger partial charge in [-0.05, 0) is 49.4 Å². The molecular weight excluding hydrogens is 366 g/mol. The van der Waals surface area contributed by atoms with E-state index < -0.39 is 12.1 Å². The molecule has 140 valence electrons. The Hall–Kier alpha value is -3.00. The molecule has 3 rings (SSSR count). The average Bonchev–Trinajstić information content (AvgIpc) is 3.04. The van der Waals surface area contributed by atoms with Crippen LogP contribution in [0.25, 0.3) is 0 Å². The lowest BCUT2D eigenvalue weighted by atomic mass is 10.2. The van der Waals surface area contributed by atoms with Gasteiger partial charge in [0.2, 0.25) is 0 Å². The minimum absolute atomic E-state index is 0.0305. The predicted octanol–water partition coefficient (Wildman–Crippen LogP) is 3.17. The van der Waals surface area contributed by atoms with Crippen LogP contribution in [-0.2, 0) is 4.74 Å². The van der Waals surface area contributed by atoms with Crippen molar-refractivity contribution >= 4 is 35.3 Å². The monoisotopic (exact) mass is 385 g/mol. The number of amides is 1. The number of nitrogens with zero attached hydrogens (tertiary/aromatic N) is 1. The molecule has 2 unspecified atom stereocenters. The fourth-order valence-corrected chi connectivity index (χ4v) is 3.83. The molecule has 0 aliphatic carbocycles. The van der Waals surface area contributed by atoms with Crippen molar-refractivity contribution in [1.29, 1.82) is 5.41 Å². The van der Waals surface area contributed by atoms with Gasteiger partial charge >= 0.3 is 12.1 Å². The Labute approximate surface area is 160 Å². The van der Waals surface area contributed by atoms with Crippen LogP contribution >= 0.6 is 11.8 Å². The standard InChI is InChI=1S/C19H19N3O4S/c1-11(27-15-4-2-3-13(9-15)18(23)24)16-10-22(19(25)26-16)14-7-5-12(6-8-14)17(20)21/h2-9,11,16H,10H2,1H3,(H3,20,21)(H,23,24). The summed E-state index contributed by atoms with van der Waals surface area (Å²) in [4.78, 5) is 25.7. The molecule has 4 N–H and O–H groups in total. The minimum atomic E-state index is -0.974. The maximum atomic E-state index is 12.3. The van der Waals surface area contributed by atoms with E-state index in [9.17, 15) is 9.59 Å². The summed E-state index contributed by atoms with van der Waals surface area (Å²) in [7, 11) is 0. The summed E-state index contributed by atoms with van der Waals surface area (Å²) >= 11 is 1.47. The van der Waals surface area contributed by atoms with Gasteiger partial charge in [0.1, 0.15) is 11.9 Å². The lowest BCUT2D eigenvalue weighted by Crippen LogP contribution is -2.27. The molecule has 7 nitrogen and oxygen atoms in total. The smallest absolute Gasteiger partial charge is 0.414 e. The molecule has 2 aromatic carbocycles. The number of carbonyl (C=O) groups is 2. The Kier molecular flexibility index (Phi) is 5.36. The lowest BCUT2D eigenvalue weighted by Gasteiger charge is -2.17. The van der Waals surface area contributed by atoms with Gasteiger partial charge in [-0.3, -0.25) is 10.3 Å².